The number of rotatable bonds is 6. The van der Waals surface area contributed by atoms with Gasteiger partial charge in [-0.3, -0.25) is 19.8 Å². The lowest BCUT2D eigenvalue weighted by Crippen LogP contribution is -2.54. The fourth-order valence-corrected chi connectivity index (χ4v) is 5.78. The van der Waals surface area contributed by atoms with Gasteiger partial charge < -0.3 is 29.6 Å². The predicted molar refractivity (Wildman–Crippen MR) is 185 cm³/mol. The van der Waals surface area contributed by atoms with Gasteiger partial charge in [0.25, 0.3) is 0 Å². The monoisotopic (exact) mass is 680 g/mol. The average Bonchev–Trinajstić information content (AvgIpc) is 3.80. The van der Waals surface area contributed by atoms with E-state index in [-0.39, 0.29) is 41.3 Å². The Morgan fingerprint density at radius 1 is 0.792 bits per heavy atom. The van der Waals surface area contributed by atoms with Crippen molar-refractivity contribution in [2.75, 3.05) is 33.7 Å². The second kappa shape index (κ2) is 15.5. The van der Waals surface area contributed by atoms with E-state index >= 15 is 0 Å². The molecular formula is C30H42BClN12O4. The van der Waals surface area contributed by atoms with E-state index in [0.29, 0.717) is 17.0 Å². The third kappa shape index (κ3) is 7.42. The van der Waals surface area contributed by atoms with Gasteiger partial charge in [-0.1, -0.05) is 13.8 Å². The van der Waals surface area contributed by atoms with E-state index < -0.39 is 7.12 Å². The smallest absolute Gasteiger partial charge is 0.423 e. The number of halogens is 1. The minimum Gasteiger partial charge on any atom is -0.423 e. The Labute approximate surface area is 284 Å². The molecule has 2 aliphatic heterocycles. The molecule has 6 heterocycles. The lowest BCUT2D eigenvalue weighted by Gasteiger charge is -2.42. The fraction of sp³-hybridized carbons (Fsp3) is 0.467. The first-order chi connectivity index (χ1) is 22.8. The van der Waals surface area contributed by atoms with Crippen molar-refractivity contribution in [1.82, 2.24) is 40.3 Å². The van der Waals surface area contributed by atoms with E-state index in [1.807, 2.05) is 32.6 Å². The van der Waals surface area contributed by atoms with Crippen LogP contribution in [0, 0.1) is 0 Å². The van der Waals surface area contributed by atoms with E-state index in [1.54, 1.807) is 48.7 Å². The molecular weight excluding hydrogens is 639 g/mol. The minimum absolute atomic E-state index is 0.0737. The normalized spacial score (nSPS) is 17.1. The van der Waals surface area contributed by atoms with Crippen molar-refractivity contribution in [1.29, 1.82) is 0 Å². The van der Waals surface area contributed by atoms with E-state index in [9.17, 15) is 9.59 Å². The number of anilines is 4. The molecule has 2 amide bonds. The van der Waals surface area contributed by atoms with Crippen LogP contribution < -0.4 is 25.1 Å². The topological polar surface area (TPSA) is 196 Å². The number of carbonyl (C=O) groups excluding carboxylic acids is 2. The molecule has 18 heteroatoms. The number of carbonyl (C=O) groups is 2. The number of nitrogens with one attached hydrogen (secondary N) is 2. The van der Waals surface area contributed by atoms with Gasteiger partial charge in [-0.2, -0.15) is 15.2 Å². The second-order valence-electron chi connectivity index (χ2n) is 11.8. The molecule has 0 saturated carbocycles. The molecule has 0 aromatic carbocycles. The van der Waals surface area contributed by atoms with Crippen molar-refractivity contribution in [2.24, 2.45) is 0 Å². The van der Waals surface area contributed by atoms with Crippen molar-refractivity contribution < 1.29 is 19.6 Å². The number of aromatic nitrogens is 8. The lowest BCUT2D eigenvalue weighted by molar-refractivity contribution is -0.120. The Kier molecular flexibility index (Phi) is 11.7. The van der Waals surface area contributed by atoms with Gasteiger partial charge in [-0.25, -0.2) is 15.0 Å². The highest BCUT2D eigenvalue weighted by Gasteiger charge is 2.39. The molecule has 0 fully saturated rings. The predicted octanol–water partition coefficient (Wildman–Crippen LogP) is 2.03. The molecule has 16 nitrogen and oxygen atoms in total. The molecule has 48 heavy (non-hydrogen) atoms. The van der Waals surface area contributed by atoms with Gasteiger partial charge in [0.1, 0.15) is 23.5 Å². The van der Waals surface area contributed by atoms with Crippen LogP contribution in [0.1, 0.15) is 54.4 Å². The summed E-state index contributed by atoms with van der Waals surface area (Å²) < 4.78 is 0. The van der Waals surface area contributed by atoms with Gasteiger partial charge >= 0.3 is 7.12 Å². The molecule has 4 aromatic rings. The highest BCUT2D eigenvalue weighted by atomic mass is 35.5. The van der Waals surface area contributed by atoms with Crippen LogP contribution >= 0.6 is 11.6 Å². The van der Waals surface area contributed by atoms with Crippen LogP contribution in [0.4, 0.5) is 23.0 Å². The lowest BCUT2D eigenvalue weighted by atomic mass is 9.83. The van der Waals surface area contributed by atoms with Crippen molar-refractivity contribution >= 4 is 59.0 Å². The van der Waals surface area contributed by atoms with Gasteiger partial charge in [-0.15, -0.1) is 0 Å². The van der Waals surface area contributed by atoms with Gasteiger partial charge in [0.15, 0.2) is 17.5 Å². The summed E-state index contributed by atoms with van der Waals surface area (Å²) in [5.41, 5.74) is 2.67. The molecule has 4 N–H and O–H groups in total. The van der Waals surface area contributed by atoms with Crippen molar-refractivity contribution in [3.63, 3.8) is 0 Å². The molecule has 0 bridgehead atoms. The van der Waals surface area contributed by atoms with Crippen LogP contribution in [0.5, 0.6) is 0 Å². The maximum atomic E-state index is 12.6. The molecule has 2 atom stereocenters. The summed E-state index contributed by atoms with van der Waals surface area (Å²) in [6, 6.07) is -0.0242. The SMILES string of the molecule is CC[C@@H]1C(=O)N(C)c2cnc(-c3cn[nH]c3)nc2N1C(C)C.CC[C@@H]1C(=O)N(C)c2cnc(Cl)nc2N1C(C)C.OB(O)c1cn[nH]c1. The number of hydrogen-bond acceptors (Lipinski definition) is 12. The molecule has 256 valence electrons. The van der Waals surface area contributed by atoms with Crippen molar-refractivity contribution in [2.45, 2.75) is 78.6 Å². The number of aromatic amines is 2. The summed E-state index contributed by atoms with van der Waals surface area (Å²) in [5, 5.41) is 29.7. The van der Waals surface area contributed by atoms with Crippen molar-refractivity contribution in [3.8, 4) is 11.4 Å². The largest absolute Gasteiger partial charge is 0.491 e. The summed E-state index contributed by atoms with van der Waals surface area (Å²) in [7, 11) is 2.12. The molecule has 4 aromatic heterocycles. The first kappa shape index (κ1) is 36.2. The Morgan fingerprint density at radius 2 is 1.29 bits per heavy atom. The molecule has 0 unspecified atom stereocenters. The van der Waals surface area contributed by atoms with Crippen LogP contribution in [0.2, 0.25) is 5.28 Å². The number of hydrogen-bond donors (Lipinski definition) is 4. The second-order valence-corrected chi connectivity index (χ2v) is 12.1. The standard InChI is InChI=1S/C15H20N6O.C12H17ClN4O.C3H5BN2O2/c1-5-11-15(22)20(4)12-8-16-13(10-6-17-18-7-10)19-14(12)21(11)9(2)3;1-5-8-11(18)16(4)9-6-14-12(13)15-10(9)17(8)7(2)3;7-4(8)3-1-5-6-2-3/h6-9,11H,5H2,1-4H3,(H,17,18);6-8H,5H2,1-4H3;1-2,7-8H,(H,5,6)/t11-;8-;/m11./s1. The number of likely N-dealkylation sites (N-methyl/N-ethyl adjacent to an activating group) is 2. The Morgan fingerprint density at radius 3 is 1.71 bits per heavy atom. The van der Waals surface area contributed by atoms with E-state index in [0.717, 1.165) is 35.7 Å². The Hall–Kier alpha value is -4.61. The highest BCUT2D eigenvalue weighted by Crippen LogP contribution is 2.37. The molecule has 0 radical (unpaired) electrons. The zero-order valence-corrected chi connectivity index (χ0v) is 29.1. The summed E-state index contributed by atoms with van der Waals surface area (Å²) >= 11 is 5.87. The van der Waals surface area contributed by atoms with Gasteiger partial charge in [-0.05, 0) is 52.1 Å². The number of fused-ring (bicyclic) bond motifs is 2. The number of amides is 2. The summed E-state index contributed by atoms with van der Waals surface area (Å²) in [4.78, 5) is 49.6. The highest BCUT2D eigenvalue weighted by molar-refractivity contribution is 6.58. The maximum absolute atomic E-state index is 12.6. The first-order valence-electron chi connectivity index (χ1n) is 15.7. The van der Waals surface area contributed by atoms with Gasteiger partial charge in [0.2, 0.25) is 17.1 Å². The fourth-order valence-electron chi connectivity index (χ4n) is 5.65. The minimum atomic E-state index is -1.41. The van der Waals surface area contributed by atoms with Crippen LogP contribution in [0.25, 0.3) is 11.4 Å². The Bertz CT molecular complexity index is 1670. The molecule has 2 aliphatic rings. The molecule has 6 rings (SSSR count). The summed E-state index contributed by atoms with van der Waals surface area (Å²) in [5.74, 6) is 2.30. The number of H-pyrrole nitrogens is 2. The quantitative estimate of drug-likeness (QED) is 0.171. The zero-order chi connectivity index (χ0) is 35.3. The van der Waals surface area contributed by atoms with Crippen molar-refractivity contribution in [3.05, 3.63) is 42.5 Å². The van der Waals surface area contributed by atoms with Crippen LogP contribution in [0.3, 0.4) is 0 Å². The zero-order valence-electron chi connectivity index (χ0n) is 28.3. The van der Waals surface area contributed by atoms with Gasteiger partial charge in [0.05, 0.1) is 24.2 Å². The van der Waals surface area contributed by atoms with Crippen LogP contribution in [-0.2, 0) is 9.59 Å². The first-order valence-corrected chi connectivity index (χ1v) is 16.0. The molecule has 0 saturated heterocycles. The summed E-state index contributed by atoms with van der Waals surface area (Å²) in [6.45, 7) is 12.3. The number of nitrogens with zero attached hydrogens (tertiary/aromatic N) is 10. The average molecular weight is 681 g/mol. The molecule has 0 aliphatic carbocycles. The van der Waals surface area contributed by atoms with E-state index in [2.05, 4.69) is 54.1 Å². The van der Waals surface area contributed by atoms with E-state index in [1.165, 1.54) is 12.4 Å². The third-order valence-electron chi connectivity index (χ3n) is 8.05. The van der Waals surface area contributed by atoms with Crippen LogP contribution in [-0.4, -0.2) is 108 Å². The van der Waals surface area contributed by atoms with E-state index in [4.69, 9.17) is 26.6 Å². The van der Waals surface area contributed by atoms with Gasteiger partial charge in [0, 0.05) is 50.2 Å². The van der Waals surface area contributed by atoms with Crippen LogP contribution in [0.15, 0.2) is 37.2 Å². The maximum Gasteiger partial charge on any atom is 0.491 e. The molecule has 0 spiro atoms. The summed E-state index contributed by atoms with van der Waals surface area (Å²) in [6.07, 6.45) is 11.0. The Balaban J connectivity index is 0.000000179. The third-order valence-corrected chi connectivity index (χ3v) is 8.23.